The molecule has 0 N–H and O–H groups in total. The van der Waals surface area contributed by atoms with Crippen LogP contribution in [0, 0.1) is 29.5 Å². The fraction of sp³-hybridized carbons (Fsp3) is 0.417. The van der Waals surface area contributed by atoms with Crippen LogP contribution in [0.3, 0.4) is 0 Å². The molecule has 0 unspecified atom stereocenters. The molecule has 0 heterocycles. The number of methoxy groups -OCH3 is 1. The van der Waals surface area contributed by atoms with Crippen LogP contribution in [0.15, 0.2) is 42.5 Å². The van der Waals surface area contributed by atoms with Crippen molar-refractivity contribution in [2.45, 2.75) is 38.5 Å². The number of hydrogen-bond acceptors (Lipinski definition) is 1. The Kier molecular flexibility index (Phi) is 7.33. The monoisotopic (exact) mass is 384 g/mol. The number of halogens is 2. The highest BCUT2D eigenvalue weighted by Gasteiger charge is 2.20. The summed E-state index contributed by atoms with van der Waals surface area (Å²) in [6, 6.07) is 12.9. The quantitative estimate of drug-likeness (QED) is 0.552. The van der Waals surface area contributed by atoms with Gasteiger partial charge in [0.1, 0.15) is 5.82 Å². The van der Waals surface area contributed by atoms with E-state index >= 15 is 0 Å². The lowest BCUT2D eigenvalue weighted by atomic mass is 9.80. The minimum Gasteiger partial charge on any atom is -0.384 e. The zero-order chi connectivity index (χ0) is 19.1. The molecule has 0 spiro atoms. The van der Waals surface area contributed by atoms with Gasteiger partial charge < -0.3 is 4.74 Å². The molecule has 0 radical (unpaired) electrons. The van der Waals surface area contributed by atoms with Gasteiger partial charge in [0, 0.05) is 24.3 Å². The first kappa shape index (κ1) is 19.9. The second-order valence-electron chi connectivity index (χ2n) is 7.45. The third-order valence-corrected chi connectivity index (χ3v) is 5.67. The Bertz CT molecular complexity index is 795. The van der Waals surface area contributed by atoms with Crippen LogP contribution in [0.25, 0.3) is 0 Å². The Balaban J connectivity index is 1.50. The third-order valence-electron chi connectivity index (χ3n) is 5.44. The first-order valence-electron chi connectivity index (χ1n) is 9.69. The fourth-order valence-corrected chi connectivity index (χ4v) is 3.94. The summed E-state index contributed by atoms with van der Waals surface area (Å²) in [5, 5.41) is 0.384. The molecule has 1 fully saturated rings. The van der Waals surface area contributed by atoms with Gasteiger partial charge in [-0.05, 0) is 73.4 Å². The summed E-state index contributed by atoms with van der Waals surface area (Å²) in [6.07, 6.45) is 7.61. The highest BCUT2D eigenvalue weighted by Crippen LogP contribution is 2.31. The molecule has 27 heavy (non-hydrogen) atoms. The molecule has 0 saturated heterocycles. The van der Waals surface area contributed by atoms with Crippen LogP contribution in [-0.4, -0.2) is 13.7 Å². The van der Waals surface area contributed by atoms with Crippen LogP contribution >= 0.6 is 11.6 Å². The van der Waals surface area contributed by atoms with Gasteiger partial charge in [0.2, 0.25) is 0 Å². The number of ether oxygens (including phenoxy) is 1. The molecule has 2 aromatic rings. The maximum atomic E-state index is 13.8. The van der Waals surface area contributed by atoms with Gasteiger partial charge in [-0.15, -0.1) is 0 Å². The van der Waals surface area contributed by atoms with Crippen LogP contribution in [0.1, 0.15) is 48.8 Å². The minimum absolute atomic E-state index is 0.368. The zero-order valence-electron chi connectivity index (χ0n) is 15.8. The molecule has 0 bridgehead atoms. The maximum absolute atomic E-state index is 13.8. The average molecular weight is 385 g/mol. The predicted molar refractivity (Wildman–Crippen MR) is 109 cm³/mol. The molecule has 0 aromatic heterocycles. The number of aryl methyl sites for hydroxylation is 1. The van der Waals surface area contributed by atoms with Crippen molar-refractivity contribution in [1.29, 1.82) is 0 Å². The molecule has 3 rings (SSSR count). The van der Waals surface area contributed by atoms with Crippen LogP contribution in [0.2, 0.25) is 5.02 Å². The van der Waals surface area contributed by atoms with E-state index < -0.39 is 0 Å². The average Bonchev–Trinajstić information content (AvgIpc) is 2.68. The van der Waals surface area contributed by atoms with E-state index in [-0.39, 0.29) is 5.82 Å². The smallest absolute Gasteiger partial charge is 0.140 e. The van der Waals surface area contributed by atoms with Crippen molar-refractivity contribution >= 4 is 11.6 Å². The standard InChI is InChI=1S/C24H26ClFO/c1-27-17-21-10-8-19(9-11-21)3-2-18-4-6-20(7-5-18)12-13-22-14-15-23(25)16-24(22)26/h4-7,14-16,19,21H,2-3,8-11,17H2,1H3. The van der Waals surface area contributed by atoms with Gasteiger partial charge >= 0.3 is 0 Å². The summed E-state index contributed by atoms with van der Waals surface area (Å²) < 4.78 is 19.0. The van der Waals surface area contributed by atoms with E-state index in [1.807, 2.05) is 12.1 Å². The fourth-order valence-electron chi connectivity index (χ4n) is 3.78. The number of rotatable bonds is 5. The van der Waals surface area contributed by atoms with Gasteiger partial charge in [0.05, 0.1) is 5.56 Å². The van der Waals surface area contributed by atoms with Crippen molar-refractivity contribution in [1.82, 2.24) is 0 Å². The zero-order valence-corrected chi connectivity index (χ0v) is 16.6. The Labute approximate surface area is 166 Å². The summed E-state index contributed by atoms with van der Waals surface area (Å²) in [5.74, 6) is 7.12. The first-order valence-corrected chi connectivity index (χ1v) is 10.1. The lowest BCUT2D eigenvalue weighted by Gasteiger charge is -2.28. The van der Waals surface area contributed by atoms with Crippen LogP contribution in [0.4, 0.5) is 4.39 Å². The first-order chi connectivity index (χ1) is 13.1. The summed E-state index contributed by atoms with van der Waals surface area (Å²) >= 11 is 5.76. The summed E-state index contributed by atoms with van der Waals surface area (Å²) in [6.45, 7) is 0.912. The maximum Gasteiger partial charge on any atom is 0.140 e. The largest absolute Gasteiger partial charge is 0.384 e. The predicted octanol–water partition coefficient (Wildman–Crippen LogP) is 6.26. The van der Waals surface area contributed by atoms with E-state index in [1.165, 1.54) is 43.7 Å². The normalized spacial score (nSPS) is 19.4. The molecule has 1 aliphatic rings. The van der Waals surface area contributed by atoms with E-state index in [0.29, 0.717) is 10.6 Å². The van der Waals surface area contributed by atoms with E-state index in [9.17, 15) is 4.39 Å². The van der Waals surface area contributed by atoms with E-state index in [0.717, 1.165) is 30.4 Å². The minimum atomic E-state index is -0.383. The van der Waals surface area contributed by atoms with E-state index in [4.69, 9.17) is 16.3 Å². The molecular weight excluding hydrogens is 359 g/mol. The second-order valence-corrected chi connectivity index (χ2v) is 7.89. The number of hydrogen-bond donors (Lipinski definition) is 0. The SMILES string of the molecule is COCC1CCC(CCc2ccc(C#Cc3ccc(Cl)cc3F)cc2)CC1. The van der Waals surface area contributed by atoms with E-state index in [1.54, 1.807) is 19.2 Å². The molecule has 0 amide bonds. The van der Waals surface area contributed by atoms with Crippen LogP contribution in [-0.2, 0) is 11.2 Å². The van der Waals surface area contributed by atoms with Crippen molar-refractivity contribution < 1.29 is 9.13 Å². The Morgan fingerprint density at radius 1 is 1.00 bits per heavy atom. The van der Waals surface area contributed by atoms with Gasteiger partial charge in [-0.1, -0.05) is 48.4 Å². The molecule has 1 nitrogen and oxygen atoms in total. The summed E-state index contributed by atoms with van der Waals surface area (Å²) in [4.78, 5) is 0. The van der Waals surface area contributed by atoms with Crippen molar-refractivity contribution in [2.75, 3.05) is 13.7 Å². The van der Waals surface area contributed by atoms with Gasteiger partial charge in [-0.25, -0.2) is 4.39 Å². The second kappa shape index (κ2) is 9.93. The Hall–Kier alpha value is -1.82. The van der Waals surface area contributed by atoms with Crippen molar-refractivity contribution in [3.8, 4) is 11.8 Å². The molecule has 142 valence electrons. The van der Waals surface area contributed by atoms with Gasteiger partial charge in [-0.2, -0.15) is 0 Å². The molecule has 3 heteroatoms. The van der Waals surface area contributed by atoms with Crippen molar-refractivity contribution in [2.24, 2.45) is 11.8 Å². The lowest BCUT2D eigenvalue weighted by molar-refractivity contribution is 0.117. The summed E-state index contributed by atoms with van der Waals surface area (Å²) in [7, 11) is 1.80. The van der Waals surface area contributed by atoms with Crippen LogP contribution in [0.5, 0.6) is 0 Å². The molecule has 0 atom stereocenters. The highest BCUT2D eigenvalue weighted by molar-refractivity contribution is 6.30. The van der Waals surface area contributed by atoms with Gasteiger partial charge in [0.15, 0.2) is 0 Å². The van der Waals surface area contributed by atoms with Crippen LogP contribution < -0.4 is 0 Å². The summed E-state index contributed by atoms with van der Waals surface area (Å²) in [5.41, 5.74) is 2.61. The number of benzene rings is 2. The molecule has 0 aliphatic heterocycles. The van der Waals surface area contributed by atoms with Gasteiger partial charge in [0.25, 0.3) is 0 Å². The molecule has 1 aliphatic carbocycles. The third kappa shape index (κ3) is 6.09. The van der Waals surface area contributed by atoms with Crippen molar-refractivity contribution in [3.05, 3.63) is 70.0 Å². The molecule has 1 saturated carbocycles. The van der Waals surface area contributed by atoms with Gasteiger partial charge in [-0.3, -0.25) is 0 Å². The topological polar surface area (TPSA) is 9.23 Å². The van der Waals surface area contributed by atoms with E-state index in [2.05, 4.69) is 24.0 Å². The highest BCUT2D eigenvalue weighted by atomic mass is 35.5. The Morgan fingerprint density at radius 3 is 2.37 bits per heavy atom. The molecule has 2 aromatic carbocycles. The Morgan fingerprint density at radius 2 is 1.70 bits per heavy atom. The molecular formula is C24H26ClFO. The lowest BCUT2D eigenvalue weighted by Crippen LogP contribution is -2.18. The van der Waals surface area contributed by atoms with Crippen molar-refractivity contribution in [3.63, 3.8) is 0 Å².